The second-order valence-corrected chi connectivity index (χ2v) is 14.3. The van der Waals surface area contributed by atoms with Crippen molar-refractivity contribution in [2.45, 2.75) is 6.54 Å². The molecule has 1 aromatic heterocycles. The van der Waals surface area contributed by atoms with E-state index in [4.69, 9.17) is 0 Å². The van der Waals surface area contributed by atoms with Crippen LogP contribution in [0.2, 0.25) is 0 Å². The van der Waals surface area contributed by atoms with Crippen LogP contribution in [-0.2, 0) is 20.2 Å². The van der Waals surface area contributed by atoms with Gasteiger partial charge in [0.05, 0.1) is 30.1 Å². The molecule has 3 rings (SSSR count). The van der Waals surface area contributed by atoms with Crippen molar-refractivity contribution in [2.24, 2.45) is 0 Å². The minimum Gasteiger partial charge on any atom is -0.778 e. The van der Waals surface area contributed by atoms with E-state index in [0.29, 0.717) is 16.6 Å². The van der Waals surface area contributed by atoms with Crippen LogP contribution in [0.5, 0.6) is 0 Å². The molecule has 40 heavy (non-hydrogen) atoms. The summed E-state index contributed by atoms with van der Waals surface area (Å²) in [6.07, 6.45) is -2.07. The van der Waals surface area contributed by atoms with Gasteiger partial charge in [-0.3, -0.25) is 24.6 Å². The summed E-state index contributed by atoms with van der Waals surface area (Å²) in [5.74, 6) is -0.394. The molecule has 19 heteroatoms. The van der Waals surface area contributed by atoms with Crippen molar-refractivity contribution in [1.29, 1.82) is 0 Å². The maximum atomic E-state index is 13.5. The van der Waals surface area contributed by atoms with Gasteiger partial charge >= 0.3 is 38.6 Å². The number of rotatable bonds is 8. The molecule has 0 amide bonds. The van der Waals surface area contributed by atoms with Crippen LogP contribution in [0.25, 0.3) is 10.9 Å². The first kappa shape index (κ1) is 36.3. The van der Waals surface area contributed by atoms with Crippen molar-refractivity contribution in [3.8, 4) is 0 Å². The van der Waals surface area contributed by atoms with Gasteiger partial charge in [0.25, 0.3) is 0 Å². The molecule has 3 unspecified atom stereocenters. The van der Waals surface area contributed by atoms with Crippen LogP contribution in [0, 0.1) is 44.4 Å². The Morgan fingerprint density at radius 3 is 1.50 bits per heavy atom. The Kier molecular flexibility index (Phi) is 14.3. The molecule has 0 bridgehead atoms. The molecule has 2 aromatic rings. The average Bonchev–Trinajstić information content (AvgIpc) is 2.78. The molecule has 2 heterocycles. The summed E-state index contributed by atoms with van der Waals surface area (Å²) >= 11 is 0. The first-order valence-corrected chi connectivity index (χ1v) is 17.4. The molecule has 0 spiro atoms. The number of hydrogen-bond donors (Lipinski definition) is 3. The van der Waals surface area contributed by atoms with E-state index in [1.807, 2.05) is 4.90 Å². The molecule has 0 saturated carbocycles. The van der Waals surface area contributed by atoms with E-state index < -0.39 is 47.5 Å². The number of fused-ring (bicyclic) bond motifs is 1. The Morgan fingerprint density at radius 2 is 1.10 bits per heavy atom. The Balaban J connectivity index is 0.00000560. The Hall–Kier alpha value is 0.136. The number of aromatic nitrogens is 1. The molecule has 226 valence electrons. The molecule has 1 saturated heterocycles. The maximum Gasteiger partial charge on any atom is 3.00 e. The molecule has 1 fully saturated rings. The van der Waals surface area contributed by atoms with Gasteiger partial charge in [-0.05, 0) is 24.3 Å². The second kappa shape index (κ2) is 15.7. The van der Waals surface area contributed by atoms with Gasteiger partial charge < -0.3 is 43.1 Å². The summed E-state index contributed by atoms with van der Waals surface area (Å²) in [4.78, 5) is 73.7. The van der Waals surface area contributed by atoms with Crippen molar-refractivity contribution >= 4 is 33.7 Å². The molecule has 1 aliphatic rings. The fourth-order valence-corrected chi connectivity index (χ4v) is 6.74. The molecule has 0 aliphatic carbocycles. The largest absolute Gasteiger partial charge is 3.00 e. The molecule has 3 N–H and O–H groups in total. The van der Waals surface area contributed by atoms with Gasteiger partial charge in [-0.15, -0.1) is 0 Å². The Labute approximate surface area is 262 Å². The van der Waals surface area contributed by atoms with Crippen LogP contribution in [0.4, 0.5) is 4.39 Å². The van der Waals surface area contributed by atoms with Crippen molar-refractivity contribution in [3.05, 3.63) is 41.8 Å². The van der Waals surface area contributed by atoms with Gasteiger partial charge in [0.1, 0.15) is 28.6 Å². The first-order chi connectivity index (χ1) is 18.0. The Morgan fingerprint density at radius 1 is 0.700 bits per heavy atom. The van der Waals surface area contributed by atoms with Crippen molar-refractivity contribution in [1.82, 2.24) is 24.6 Å². The normalized spacial score (nSPS) is 22.3. The van der Waals surface area contributed by atoms with Crippen LogP contribution < -0.4 is 14.7 Å². The number of benzene rings is 1. The number of hydrogen-bond acceptors (Lipinski definition) is 11. The van der Waals surface area contributed by atoms with Crippen LogP contribution in [0.1, 0.15) is 5.69 Å². The zero-order valence-electron chi connectivity index (χ0n) is 21.5. The molecule has 1 aliphatic heterocycles. The molecular formula is C21H32FN5O9P3Tb. The summed E-state index contributed by atoms with van der Waals surface area (Å²) in [7, 11) is -14.1. The third kappa shape index (κ3) is 14.1. The number of halogens is 1. The third-order valence-electron chi connectivity index (χ3n) is 6.16. The molecule has 1 aromatic carbocycles. The van der Waals surface area contributed by atoms with Gasteiger partial charge in [-0.1, -0.05) is 6.07 Å². The van der Waals surface area contributed by atoms with Crippen molar-refractivity contribution in [2.75, 3.05) is 71.2 Å². The number of pyridine rings is 1. The predicted molar refractivity (Wildman–Crippen MR) is 136 cm³/mol. The fourth-order valence-electron chi connectivity index (χ4n) is 4.37. The first-order valence-electron chi connectivity index (χ1n) is 12.1. The zero-order chi connectivity index (χ0) is 28.8. The fraction of sp³-hybridized carbons (Fsp3) is 0.571. The van der Waals surface area contributed by atoms with E-state index >= 15 is 0 Å². The van der Waals surface area contributed by atoms with Crippen LogP contribution in [-0.4, -0.2) is 110 Å². The molecule has 0 radical (unpaired) electrons. The summed E-state index contributed by atoms with van der Waals surface area (Å²) in [5.41, 5.74) is 1.21. The van der Waals surface area contributed by atoms with E-state index in [9.17, 15) is 47.4 Å². The van der Waals surface area contributed by atoms with Crippen LogP contribution >= 0.6 is 22.8 Å². The van der Waals surface area contributed by atoms with E-state index in [1.165, 1.54) is 26.8 Å². The molecular weight excluding hydrogens is 737 g/mol. The Bertz CT molecular complexity index is 1220. The summed E-state index contributed by atoms with van der Waals surface area (Å²) < 4.78 is 48.3. The SMILES string of the molecule is O=P([O-])(O)CN1CCN(Cc2ccc3cc(F)ccc3n2)CCN(CP(=O)([O-])O)CCN(CP(=O)([O-])O)CC1.[Tb+3]. The summed E-state index contributed by atoms with van der Waals surface area (Å²) in [6.45, 7) is 1.17. The van der Waals surface area contributed by atoms with Gasteiger partial charge in [0, 0.05) is 64.3 Å². The van der Waals surface area contributed by atoms with Crippen LogP contribution in [0.3, 0.4) is 0 Å². The zero-order valence-corrected chi connectivity index (χ0v) is 26.3. The van der Waals surface area contributed by atoms with Crippen molar-refractivity contribution in [3.63, 3.8) is 0 Å². The molecule has 14 nitrogen and oxygen atoms in total. The minimum atomic E-state index is -4.73. The topological polar surface area (TPSA) is 207 Å². The van der Waals surface area contributed by atoms with Gasteiger partial charge in [-0.25, -0.2) is 4.39 Å². The summed E-state index contributed by atoms with van der Waals surface area (Å²) in [5, 5.41) is 0.614. The van der Waals surface area contributed by atoms with Crippen LogP contribution in [0.15, 0.2) is 30.3 Å². The van der Waals surface area contributed by atoms with Gasteiger partial charge in [-0.2, -0.15) is 0 Å². The second-order valence-electron chi connectivity index (χ2n) is 9.61. The van der Waals surface area contributed by atoms with Crippen molar-refractivity contribution < 1.29 is 86.1 Å². The number of nitrogens with zero attached hydrogens (tertiary/aromatic N) is 5. The smallest absolute Gasteiger partial charge is 0.778 e. The van der Waals surface area contributed by atoms with E-state index in [0.717, 1.165) is 0 Å². The van der Waals surface area contributed by atoms with Gasteiger partial charge in [0.2, 0.25) is 0 Å². The van der Waals surface area contributed by atoms with E-state index in [1.54, 1.807) is 18.2 Å². The summed E-state index contributed by atoms with van der Waals surface area (Å²) in [6, 6.07) is 7.64. The molecule has 3 atom stereocenters. The van der Waals surface area contributed by atoms with E-state index in [-0.39, 0.29) is 97.5 Å². The average molecular weight is 769 g/mol. The quantitative estimate of drug-likeness (QED) is 0.265. The monoisotopic (exact) mass is 769 g/mol. The van der Waals surface area contributed by atoms with E-state index in [2.05, 4.69) is 4.98 Å². The predicted octanol–water partition coefficient (Wildman–Crippen LogP) is -1.39. The van der Waals surface area contributed by atoms with Gasteiger partial charge in [0.15, 0.2) is 0 Å². The standard InChI is InChI=1S/C21H35FN5O9P3.Tb/c22-19-2-4-21-18(13-19)1-3-20(23-21)14-24-5-7-25(15-37(28,29)30)9-11-27(17-39(34,35)36)12-10-26(8-6-24)16-38(31,32)33;/h1-4,13H,5-12,14-17H2,(H2,28,29,30)(H2,31,32,33)(H2,34,35,36);/q;+3/p-3. The maximum absolute atomic E-state index is 13.5. The minimum absolute atomic E-state index is 0. The third-order valence-corrected chi connectivity index (χ3v) is 8.43.